The van der Waals surface area contributed by atoms with Gasteiger partial charge in [0, 0.05) is 18.5 Å². The van der Waals surface area contributed by atoms with Crippen molar-refractivity contribution in [1.82, 2.24) is 4.90 Å². The lowest BCUT2D eigenvalue weighted by molar-refractivity contribution is 0.0693. The van der Waals surface area contributed by atoms with Crippen LogP contribution in [0.1, 0.15) is 34.1 Å². The Morgan fingerprint density at radius 2 is 2.10 bits per heavy atom. The first-order chi connectivity index (χ1) is 9.60. The molecule has 5 nitrogen and oxygen atoms in total. The number of hydrogen-bond donors (Lipinski definition) is 1. The number of hydrogen-bond acceptors (Lipinski definition) is 5. The van der Waals surface area contributed by atoms with Crippen LogP contribution in [0.3, 0.4) is 0 Å². The maximum atomic E-state index is 11.9. The van der Waals surface area contributed by atoms with E-state index in [0.29, 0.717) is 17.2 Å². The van der Waals surface area contributed by atoms with Gasteiger partial charge in [0.15, 0.2) is 5.17 Å². The van der Waals surface area contributed by atoms with E-state index >= 15 is 0 Å². The highest BCUT2D eigenvalue weighted by Crippen LogP contribution is 2.27. The third kappa shape index (κ3) is 2.10. The summed E-state index contributed by atoms with van der Waals surface area (Å²) in [4.78, 5) is 29.4. The van der Waals surface area contributed by atoms with Crippen LogP contribution in [-0.2, 0) is 0 Å². The van der Waals surface area contributed by atoms with Gasteiger partial charge in [-0.2, -0.15) is 0 Å². The highest BCUT2D eigenvalue weighted by molar-refractivity contribution is 8.14. The van der Waals surface area contributed by atoms with Crippen LogP contribution in [0.2, 0.25) is 0 Å². The van der Waals surface area contributed by atoms with Crippen LogP contribution < -0.4 is 5.32 Å². The van der Waals surface area contributed by atoms with Crippen LogP contribution in [0, 0.1) is 0 Å². The Balaban J connectivity index is 1.84. The number of anilines is 1. The number of amidine groups is 1. The highest BCUT2D eigenvalue weighted by Gasteiger charge is 2.32. The number of nitrogens with zero attached hydrogens (tertiary/aromatic N) is 2. The number of benzene rings is 1. The van der Waals surface area contributed by atoms with Crippen molar-refractivity contribution in [1.29, 1.82) is 0 Å². The van der Waals surface area contributed by atoms with Gasteiger partial charge < -0.3 is 5.32 Å². The monoisotopic (exact) mass is 289 g/mol. The summed E-state index contributed by atoms with van der Waals surface area (Å²) >= 11 is 1.68. The largest absolute Gasteiger partial charge is 0.335 e. The first-order valence-corrected chi connectivity index (χ1v) is 7.52. The third-order valence-electron chi connectivity index (χ3n) is 3.52. The minimum atomic E-state index is -0.249. The van der Waals surface area contributed by atoms with E-state index in [1.165, 1.54) is 7.05 Å². The molecule has 1 unspecified atom stereocenters. The van der Waals surface area contributed by atoms with Crippen LogP contribution in [0.5, 0.6) is 0 Å². The van der Waals surface area contributed by atoms with Crippen molar-refractivity contribution in [3.8, 4) is 0 Å². The Bertz CT molecular complexity index is 627. The Labute approximate surface area is 121 Å². The van der Waals surface area contributed by atoms with Gasteiger partial charge in [0.25, 0.3) is 11.8 Å². The van der Waals surface area contributed by atoms with E-state index < -0.39 is 0 Å². The minimum absolute atomic E-state index is 0.241. The van der Waals surface area contributed by atoms with Gasteiger partial charge in [-0.1, -0.05) is 18.7 Å². The van der Waals surface area contributed by atoms with Crippen LogP contribution in [0.4, 0.5) is 5.69 Å². The number of amides is 2. The van der Waals surface area contributed by atoms with Gasteiger partial charge in [-0.05, 0) is 24.6 Å². The van der Waals surface area contributed by atoms with Gasteiger partial charge in [0.1, 0.15) is 0 Å². The fourth-order valence-electron chi connectivity index (χ4n) is 2.26. The molecule has 0 spiro atoms. The Morgan fingerprint density at radius 1 is 1.35 bits per heavy atom. The second-order valence-corrected chi connectivity index (χ2v) is 5.87. The summed E-state index contributed by atoms with van der Waals surface area (Å²) in [6, 6.07) is 5.59. The number of fused-ring (bicyclic) bond motifs is 1. The Hall–Kier alpha value is -1.82. The van der Waals surface area contributed by atoms with Crippen molar-refractivity contribution in [2.24, 2.45) is 4.99 Å². The van der Waals surface area contributed by atoms with E-state index in [0.717, 1.165) is 27.9 Å². The quantitative estimate of drug-likeness (QED) is 0.848. The summed E-state index contributed by atoms with van der Waals surface area (Å²) in [6.45, 7) is 2.12. The van der Waals surface area contributed by atoms with Crippen molar-refractivity contribution in [2.45, 2.75) is 19.4 Å². The number of aliphatic imine (C=N–C) groups is 1. The molecule has 1 aromatic carbocycles. The molecule has 3 rings (SSSR count). The number of imide groups is 1. The van der Waals surface area contributed by atoms with E-state index in [2.05, 4.69) is 17.2 Å². The number of rotatable bonds is 2. The molecule has 0 saturated carbocycles. The van der Waals surface area contributed by atoms with Gasteiger partial charge in [0.05, 0.1) is 17.2 Å². The number of carbonyl (C=O) groups is 2. The fraction of sp³-hybridized carbons (Fsp3) is 0.357. The maximum Gasteiger partial charge on any atom is 0.261 e. The first-order valence-electron chi connectivity index (χ1n) is 6.54. The summed E-state index contributed by atoms with van der Waals surface area (Å²) in [7, 11) is 1.50. The lowest BCUT2D eigenvalue weighted by Crippen LogP contribution is -2.24. The van der Waals surface area contributed by atoms with E-state index in [4.69, 9.17) is 0 Å². The molecular weight excluding hydrogens is 274 g/mol. The standard InChI is InChI=1S/C14H15N3O2S/c1-3-8-7-20-14(15-8)16-9-4-5-10-11(6-9)13(19)17(2)12(10)18/h4-6,8H,3,7H2,1-2H3,(H,15,16). The molecule has 0 aliphatic carbocycles. The van der Waals surface area contributed by atoms with Gasteiger partial charge in [-0.15, -0.1) is 0 Å². The topological polar surface area (TPSA) is 61.8 Å². The summed E-state index contributed by atoms with van der Waals surface area (Å²) in [5, 5.41) is 4.09. The number of carbonyl (C=O) groups excluding carboxylic acids is 2. The zero-order valence-corrected chi connectivity index (χ0v) is 12.2. The van der Waals surface area contributed by atoms with Gasteiger partial charge in [-0.3, -0.25) is 19.5 Å². The Kier molecular flexibility index (Phi) is 3.25. The number of nitrogens with one attached hydrogen (secondary N) is 1. The predicted molar refractivity (Wildman–Crippen MR) is 80.5 cm³/mol. The summed E-state index contributed by atoms with van der Waals surface area (Å²) in [5.74, 6) is 0.500. The lowest BCUT2D eigenvalue weighted by atomic mass is 10.1. The molecule has 0 saturated heterocycles. The van der Waals surface area contributed by atoms with Crippen LogP contribution >= 0.6 is 11.8 Å². The molecule has 2 aliphatic heterocycles. The molecule has 1 aromatic rings. The first kappa shape index (κ1) is 13.2. The fourth-order valence-corrected chi connectivity index (χ4v) is 3.33. The Morgan fingerprint density at radius 3 is 2.80 bits per heavy atom. The molecule has 2 amide bonds. The van der Waals surface area contributed by atoms with Crippen LogP contribution in [-0.4, -0.2) is 40.7 Å². The zero-order chi connectivity index (χ0) is 14.3. The number of thioether (sulfide) groups is 1. The normalized spacial score (nSPS) is 21.2. The molecule has 6 heteroatoms. The second kappa shape index (κ2) is 4.94. The summed E-state index contributed by atoms with van der Waals surface area (Å²) in [6.07, 6.45) is 1.03. The lowest BCUT2D eigenvalue weighted by Gasteiger charge is -2.05. The molecule has 104 valence electrons. The third-order valence-corrected chi connectivity index (χ3v) is 4.56. The molecule has 0 bridgehead atoms. The smallest absolute Gasteiger partial charge is 0.261 e. The van der Waals surface area contributed by atoms with Gasteiger partial charge in [-0.25, -0.2) is 0 Å². The summed E-state index contributed by atoms with van der Waals surface area (Å²) in [5.41, 5.74) is 1.72. The van der Waals surface area contributed by atoms with Crippen LogP contribution in [0.15, 0.2) is 23.2 Å². The average molecular weight is 289 g/mol. The molecule has 0 fully saturated rings. The van der Waals surface area contributed by atoms with Gasteiger partial charge in [0.2, 0.25) is 0 Å². The highest BCUT2D eigenvalue weighted by atomic mass is 32.2. The molecule has 0 radical (unpaired) electrons. The molecule has 20 heavy (non-hydrogen) atoms. The van der Waals surface area contributed by atoms with Crippen molar-refractivity contribution >= 4 is 34.4 Å². The van der Waals surface area contributed by atoms with Crippen molar-refractivity contribution in [3.63, 3.8) is 0 Å². The van der Waals surface area contributed by atoms with Crippen molar-refractivity contribution < 1.29 is 9.59 Å². The van der Waals surface area contributed by atoms with Crippen molar-refractivity contribution in [2.75, 3.05) is 18.1 Å². The predicted octanol–water partition coefficient (Wildman–Crippen LogP) is 2.21. The minimum Gasteiger partial charge on any atom is -0.335 e. The van der Waals surface area contributed by atoms with E-state index in [-0.39, 0.29) is 11.8 Å². The molecule has 1 atom stereocenters. The van der Waals surface area contributed by atoms with E-state index in [1.807, 2.05) is 6.07 Å². The van der Waals surface area contributed by atoms with E-state index in [1.54, 1.807) is 23.9 Å². The van der Waals surface area contributed by atoms with Gasteiger partial charge >= 0.3 is 0 Å². The van der Waals surface area contributed by atoms with Crippen LogP contribution in [0.25, 0.3) is 0 Å². The maximum absolute atomic E-state index is 11.9. The molecule has 2 aliphatic rings. The SMILES string of the molecule is CCC1CSC(Nc2ccc3c(c2)C(=O)N(C)C3=O)=N1. The molecule has 0 aromatic heterocycles. The van der Waals surface area contributed by atoms with E-state index in [9.17, 15) is 9.59 Å². The molecular formula is C14H15N3O2S. The average Bonchev–Trinajstić information content (AvgIpc) is 2.99. The molecule has 2 heterocycles. The second-order valence-electron chi connectivity index (χ2n) is 4.86. The van der Waals surface area contributed by atoms with Crippen molar-refractivity contribution in [3.05, 3.63) is 29.3 Å². The zero-order valence-electron chi connectivity index (χ0n) is 11.3. The summed E-state index contributed by atoms with van der Waals surface area (Å²) < 4.78 is 0. The molecule has 1 N–H and O–H groups in total.